The Labute approximate surface area is 121 Å². The van der Waals surface area contributed by atoms with Crippen molar-refractivity contribution in [3.05, 3.63) is 26.4 Å². The van der Waals surface area contributed by atoms with Gasteiger partial charge in [0.15, 0.2) is 16.5 Å². The van der Waals surface area contributed by atoms with Gasteiger partial charge in [-0.05, 0) is 6.92 Å². The van der Waals surface area contributed by atoms with E-state index in [1.807, 2.05) is 6.07 Å². The molecule has 0 amide bonds. The van der Waals surface area contributed by atoms with Gasteiger partial charge in [0.05, 0.1) is 5.69 Å². The van der Waals surface area contributed by atoms with Gasteiger partial charge in [-0.1, -0.05) is 11.3 Å². The highest BCUT2D eigenvalue weighted by atomic mass is 35.5. The largest absolute Gasteiger partial charge is 0.316 e. The number of nitrogens with zero attached hydrogens (tertiary/aromatic N) is 5. The molecule has 102 valence electrons. The van der Waals surface area contributed by atoms with E-state index >= 15 is 0 Å². The lowest BCUT2D eigenvalue weighted by Gasteiger charge is -2.17. The molecule has 0 aliphatic carbocycles. The summed E-state index contributed by atoms with van der Waals surface area (Å²) in [6, 6.07) is 2.03. The number of halogens is 1. The fourth-order valence-electron chi connectivity index (χ4n) is 1.70. The Balaban J connectivity index is 0.00000147. The lowest BCUT2D eigenvalue weighted by atomic mass is 10.2. The lowest BCUT2D eigenvalue weighted by molar-refractivity contribution is 0.867. The van der Waals surface area contributed by atoms with Gasteiger partial charge in [-0.2, -0.15) is 10.4 Å². The Morgan fingerprint density at radius 2 is 2.15 bits per heavy atom. The molecule has 0 atom stereocenters. The summed E-state index contributed by atoms with van der Waals surface area (Å²) in [4.78, 5) is 11.6. The van der Waals surface area contributed by atoms with E-state index in [0.717, 1.165) is 11.3 Å². The Morgan fingerprint density at radius 3 is 2.85 bits per heavy atom. The van der Waals surface area contributed by atoms with Gasteiger partial charge < -0.3 is 0 Å². The van der Waals surface area contributed by atoms with Gasteiger partial charge in [-0.25, -0.2) is 4.68 Å². The summed E-state index contributed by atoms with van der Waals surface area (Å²) >= 11 is 0.940. The minimum atomic E-state index is -0.602. The summed E-state index contributed by atoms with van der Waals surface area (Å²) in [5.41, 5.74) is 5.86. The average molecular weight is 311 g/mol. The van der Waals surface area contributed by atoms with E-state index in [4.69, 9.17) is 10.7 Å². The zero-order chi connectivity index (χ0) is 13.6. The Hall–Kier alpha value is -2.51. The van der Waals surface area contributed by atoms with Crippen LogP contribution in [0, 0.1) is 23.7 Å². The molecule has 1 aliphatic heterocycles. The van der Waals surface area contributed by atoms with Crippen LogP contribution in [0.5, 0.6) is 0 Å². The fourth-order valence-corrected chi connectivity index (χ4v) is 2.42. The van der Waals surface area contributed by atoms with Crippen molar-refractivity contribution in [3.63, 3.8) is 0 Å². The van der Waals surface area contributed by atoms with Gasteiger partial charge in [-0.15, -0.1) is 22.6 Å². The summed E-state index contributed by atoms with van der Waals surface area (Å²) in [7, 11) is 0. The SMILES string of the molecule is Cc1nn2c(c1C#N)NNc1c-2sc(=N)nnc1=O.Cl. The van der Waals surface area contributed by atoms with Crippen LogP contribution in [-0.2, 0) is 0 Å². The Morgan fingerprint density at radius 1 is 1.40 bits per heavy atom. The first-order chi connectivity index (χ1) is 9.11. The second-order valence-electron chi connectivity index (χ2n) is 3.68. The van der Waals surface area contributed by atoms with Crippen molar-refractivity contribution >= 4 is 35.2 Å². The van der Waals surface area contributed by atoms with Crippen molar-refractivity contribution in [3.8, 4) is 11.1 Å². The van der Waals surface area contributed by atoms with Crippen LogP contribution >= 0.6 is 23.7 Å². The third-order valence-electron chi connectivity index (χ3n) is 2.52. The topological polar surface area (TPSA) is 132 Å². The molecule has 3 N–H and O–H groups in total. The first kappa shape index (κ1) is 13.9. The number of anilines is 2. The number of nitrogens with one attached hydrogen (secondary N) is 3. The second-order valence-corrected chi connectivity index (χ2v) is 4.65. The summed E-state index contributed by atoms with van der Waals surface area (Å²) < 4.78 is 1.41. The predicted molar refractivity (Wildman–Crippen MR) is 73.1 cm³/mol. The molecule has 3 heterocycles. The van der Waals surface area contributed by atoms with E-state index in [0.29, 0.717) is 22.1 Å². The first-order valence-corrected chi connectivity index (χ1v) is 5.92. The van der Waals surface area contributed by atoms with Crippen molar-refractivity contribution in [1.29, 1.82) is 10.7 Å². The first-order valence-electron chi connectivity index (χ1n) is 5.10. The highest BCUT2D eigenvalue weighted by molar-refractivity contribution is 7.11. The molecule has 0 saturated carbocycles. The standard InChI is InChI=1S/C9H6N8OS.ClH/c1-3-4(2-10)6-13-12-5-7(18)14-15-9(11)19-8(5)17(6)16-3;/h11-13H,1H3;1H. The zero-order valence-electron chi connectivity index (χ0n) is 9.96. The van der Waals surface area contributed by atoms with Crippen LogP contribution in [0.1, 0.15) is 11.3 Å². The number of fused-ring (bicyclic) bond motifs is 3. The molecule has 0 aromatic carbocycles. The predicted octanol–water partition coefficient (Wildman–Crippen LogP) is -0.0822. The number of hydrogen-bond donors (Lipinski definition) is 3. The third kappa shape index (κ3) is 1.89. The van der Waals surface area contributed by atoms with Crippen LogP contribution in [0.2, 0.25) is 0 Å². The molecule has 0 spiro atoms. The van der Waals surface area contributed by atoms with Crippen molar-refractivity contribution < 1.29 is 0 Å². The number of nitriles is 1. The van der Waals surface area contributed by atoms with Crippen molar-refractivity contribution in [2.24, 2.45) is 0 Å². The molecule has 0 bridgehead atoms. The van der Waals surface area contributed by atoms with E-state index in [2.05, 4.69) is 26.1 Å². The average Bonchev–Trinajstić information content (AvgIpc) is 2.64. The molecule has 20 heavy (non-hydrogen) atoms. The summed E-state index contributed by atoms with van der Waals surface area (Å²) in [5, 5.41) is 28.0. The number of hydrogen-bond acceptors (Lipinski definition) is 9. The van der Waals surface area contributed by atoms with Gasteiger partial charge in [0, 0.05) is 0 Å². The Bertz CT molecular complexity index is 850. The van der Waals surface area contributed by atoms with Crippen LogP contribution in [0.3, 0.4) is 0 Å². The summed E-state index contributed by atoms with van der Waals surface area (Å²) in [6.45, 7) is 1.69. The highest BCUT2D eigenvalue weighted by Gasteiger charge is 2.24. The van der Waals surface area contributed by atoms with Crippen LogP contribution in [0.25, 0.3) is 5.00 Å². The van der Waals surface area contributed by atoms with E-state index in [-0.39, 0.29) is 22.9 Å². The van der Waals surface area contributed by atoms with Crippen molar-refractivity contribution in [2.75, 3.05) is 10.9 Å². The normalized spacial score (nSPS) is 11.0. The van der Waals surface area contributed by atoms with E-state index < -0.39 is 5.56 Å². The van der Waals surface area contributed by atoms with Crippen LogP contribution in [-0.4, -0.2) is 20.0 Å². The van der Waals surface area contributed by atoms with Gasteiger partial charge in [-0.3, -0.25) is 21.1 Å². The molecule has 11 heteroatoms. The molecule has 2 aromatic rings. The highest BCUT2D eigenvalue weighted by Crippen LogP contribution is 2.30. The molecule has 0 fully saturated rings. The van der Waals surface area contributed by atoms with E-state index in [1.165, 1.54) is 4.68 Å². The molecule has 2 aromatic heterocycles. The van der Waals surface area contributed by atoms with Crippen LogP contribution in [0.4, 0.5) is 11.5 Å². The van der Waals surface area contributed by atoms with Crippen LogP contribution in [0.15, 0.2) is 4.79 Å². The van der Waals surface area contributed by atoms with Gasteiger partial charge in [0.1, 0.15) is 11.6 Å². The molecule has 0 radical (unpaired) electrons. The van der Waals surface area contributed by atoms with E-state index in [1.54, 1.807) is 6.92 Å². The van der Waals surface area contributed by atoms with Gasteiger partial charge >= 0.3 is 5.56 Å². The monoisotopic (exact) mass is 310 g/mol. The maximum absolute atomic E-state index is 11.7. The quantitative estimate of drug-likeness (QED) is 0.619. The molecule has 9 nitrogen and oxygen atoms in total. The minimum Gasteiger partial charge on any atom is -0.292 e. The summed E-state index contributed by atoms with van der Waals surface area (Å²) in [6.07, 6.45) is 0. The molecular weight excluding hydrogens is 304 g/mol. The van der Waals surface area contributed by atoms with Crippen molar-refractivity contribution in [2.45, 2.75) is 6.92 Å². The number of aryl methyl sites for hydroxylation is 1. The second kappa shape index (κ2) is 4.87. The van der Waals surface area contributed by atoms with E-state index in [9.17, 15) is 4.79 Å². The molecule has 0 saturated heterocycles. The maximum Gasteiger partial charge on any atom is 0.316 e. The third-order valence-corrected chi connectivity index (χ3v) is 3.37. The Kier molecular flexibility index (Phi) is 3.39. The summed E-state index contributed by atoms with van der Waals surface area (Å²) in [5.74, 6) is 0.425. The van der Waals surface area contributed by atoms with Crippen LogP contribution < -0.4 is 21.2 Å². The lowest BCUT2D eigenvalue weighted by Crippen LogP contribution is -2.25. The molecule has 0 unspecified atom stereocenters. The number of hydrazine groups is 1. The van der Waals surface area contributed by atoms with Gasteiger partial charge in [0.2, 0.25) is 4.80 Å². The molecule has 1 aliphatic rings. The molecule has 3 rings (SSSR count). The number of aromatic nitrogens is 4. The fraction of sp³-hybridized carbons (Fsp3) is 0.111. The van der Waals surface area contributed by atoms with Crippen molar-refractivity contribution in [1.82, 2.24) is 20.0 Å². The maximum atomic E-state index is 11.7. The smallest absolute Gasteiger partial charge is 0.292 e. The van der Waals surface area contributed by atoms with Gasteiger partial charge in [0.25, 0.3) is 0 Å². The molecular formula is C9H7ClN8OS. The number of rotatable bonds is 0. The zero-order valence-corrected chi connectivity index (χ0v) is 11.6. The minimum absolute atomic E-state index is 0.